The van der Waals surface area contributed by atoms with Crippen LogP contribution in [-0.4, -0.2) is 0 Å². The first kappa shape index (κ1) is 10.9. The molecule has 0 saturated heterocycles. The molecule has 0 aliphatic carbocycles. The number of rotatable bonds is 1. The van der Waals surface area contributed by atoms with Crippen LogP contribution in [0.3, 0.4) is 0 Å². The zero-order valence-corrected chi connectivity index (χ0v) is 9.84. The van der Waals surface area contributed by atoms with Crippen molar-refractivity contribution in [1.82, 2.24) is 0 Å². The molecule has 0 heterocycles. The summed E-state index contributed by atoms with van der Waals surface area (Å²) < 4.78 is 14.0. The zero-order chi connectivity index (χ0) is 11.7. The summed E-state index contributed by atoms with van der Waals surface area (Å²) in [4.78, 5) is 0. The van der Waals surface area contributed by atoms with Gasteiger partial charge in [-0.1, -0.05) is 42.0 Å². The van der Waals surface area contributed by atoms with Gasteiger partial charge >= 0.3 is 0 Å². The van der Waals surface area contributed by atoms with E-state index in [1.54, 1.807) is 0 Å². The summed E-state index contributed by atoms with van der Waals surface area (Å²) in [6.07, 6.45) is 0. The summed E-state index contributed by atoms with van der Waals surface area (Å²) in [5, 5.41) is 0. The normalized spacial score (nSPS) is 10.5. The van der Waals surface area contributed by atoms with Gasteiger partial charge in [0.25, 0.3) is 0 Å². The quantitative estimate of drug-likeness (QED) is 0.659. The molecule has 2 aromatic carbocycles. The third kappa shape index (κ3) is 1.85. The monoisotopic (exact) mass is 214 g/mol. The zero-order valence-electron chi connectivity index (χ0n) is 9.84. The number of benzene rings is 2. The predicted octanol–water partition coefficient (Wildman–Crippen LogP) is 4.42. The summed E-state index contributed by atoms with van der Waals surface area (Å²) in [5.41, 5.74) is 4.54. The summed E-state index contributed by atoms with van der Waals surface area (Å²) >= 11 is 0. The van der Waals surface area contributed by atoms with Crippen LogP contribution in [0, 0.1) is 26.6 Å². The second-order valence-electron chi connectivity index (χ2n) is 4.24. The maximum atomic E-state index is 14.0. The van der Waals surface area contributed by atoms with Gasteiger partial charge < -0.3 is 0 Å². The van der Waals surface area contributed by atoms with Gasteiger partial charge in [-0.25, -0.2) is 4.39 Å². The van der Waals surface area contributed by atoms with Crippen LogP contribution in [0.1, 0.15) is 16.7 Å². The van der Waals surface area contributed by atoms with Crippen LogP contribution < -0.4 is 0 Å². The van der Waals surface area contributed by atoms with Crippen molar-refractivity contribution in [1.29, 1.82) is 0 Å². The van der Waals surface area contributed by atoms with Crippen molar-refractivity contribution in [3.05, 3.63) is 58.9 Å². The molecule has 2 aromatic rings. The van der Waals surface area contributed by atoms with Gasteiger partial charge in [-0.3, -0.25) is 0 Å². The van der Waals surface area contributed by atoms with Gasteiger partial charge in [-0.2, -0.15) is 0 Å². The number of aryl methyl sites for hydroxylation is 2. The molecule has 0 atom stereocenters. The van der Waals surface area contributed by atoms with Crippen LogP contribution in [0.25, 0.3) is 11.1 Å². The lowest BCUT2D eigenvalue weighted by molar-refractivity contribution is 0.620. The smallest absolute Gasteiger partial charge is 0.134 e. The first-order chi connectivity index (χ1) is 7.59. The lowest BCUT2D eigenvalue weighted by Gasteiger charge is -2.08. The lowest BCUT2D eigenvalue weighted by Crippen LogP contribution is -1.91. The van der Waals surface area contributed by atoms with Crippen LogP contribution >= 0.6 is 0 Å². The van der Waals surface area contributed by atoms with Crippen molar-refractivity contribution in [2.45, 2.75) is 20.8 Å². The SMILES string of the molecule is Cc1ccc(-c2ccc(C)c(C)c2F)cc1. The molecule has 0 aliphatic rings. The molecule has 0 radical (unpaired) electrons. The Labute approximate surface area is 95.7 Å². The van der Waals surface area contributed by atoms with E-state index in [1.165, 1.54) is 5.56 Å². The minimum absolute atomic E-state index is 0.108. The van der Waals surface area contributed by atoms with E-state index < -0.39 is 0 Å². The Hall–Kier alpha value is -1.63. The van der Waals surface area contributed by atoms with Crippen molar-refractivity contribution in [3.63, 3.8) is 0 Å². The molecular weight excluding hydrogens is 199 g/mol. The minimum atomic E-state index is -0.108. The molecule has 82 valence electrons. The van der Waals surface area contributed by atoms with Gasteiger partial charge in [0, 0.05) is 5.56 Å². The van der Waals surface area contributed by atoms with Crippen LogP contribution in [-0.2, 0) is 0 Å². The molecule has 0 aromatic heterocycles. The van der Waals surface area contributed by atoms with Gasteiger partial charge in [0.1, 0.15) is 5.82 Å². The predicted molar refractivity (Wildman–Crippen MR) is 66.0 cm³/mol. The van der Waals surface area contributed by atoms with Crippen LogP contribution in [0.5, 0.6) is 0 Å². The highest BCUT2D eigenvalue weighted by Gasteiger charge is 2.08. The maximum Gasteiger partial charge on any atom is 0.134 e. The van der Waals surface area contributed by atoms with Crippen molar-refractivity contribution in [2.24, 2.45) is 0 Å². The average molecular weight is 214 g/mol. The topological polar surface area (TPSA) is 0 Å². The van der Waals surface area contributed by atoms with Crippen LogP contribution in [0.4, 0.5) is 4.39 Å². The van der Waals surface area contributed by atoms with Gasteiger partial charge in [0.05, 0.1) is 0 Å². The van der Waals surface area contributed by atoms with Crippen molar-refractivity contribution in [3.8, 4) is 11.1 Å². The highest BCUT2D eigenvalue weighted by Crippen LogP contribution is 2.26. The Bertz CT molecular complexity index is 510. The second-order valence-corrected chi connectivity index (χ2v) is 4.24. The largest absolute Gasteiger partial charge is 0.206 e. The average Bonchev–Trinajstić information content (AvgIpc) is 2.28. The highest BCUT2D eigenvalue weighted by atomic mass is 19.1. The van der Waals surface area contributed by atoms with E-state index >= 15 is 0 Å². The van der Waals surface area contributed by atoms with Crippen molar-refractivity contribution >= 4 is 0 Å². The minimum Gasteiger partial charge on any atom is -0.206 e. The molecule has 0 bridgehead atoms. The first-order valence-electron chi connectivity index (χ1n) is 5.42. The fourth-order valence-electron chi connectivity index (χ4n) is 1.74. The van der Waals surface area contributed by atoms with Crippen LogP contribution in [0.15, 0.2) is 36.4 Å². The molecule has 0 fully saturated rings. The van der Waals surface area contributed by atoms with E-state index in [0.717, 1.165) is 16.7 Å². The first-order valence-corrected chi connectivity index (χ1v) is 5.42. The molecule has 0 saturated carbocycles. The van der Waals surface area contributed by atoms with E-state index in [-0.39, 0.29) is 5.82 Å². The summed E-state index contributed by atoms with van der Waals surface area (Å²) in [5.74, 6) is -0.108. The molecule has 0 amide bonds. The van der Waals surface area contributed by atoms with E-state index in [0.29, 0.717) is 5.56 Å². The summed E-state index contributed by atoms with van der Waals surface area (Å²) in [6.45, 7) is 5.78. The number of hydrogen-bond acceptors (Lipinski definition) is 0. The molecule has 0 unspecified atom stereocenters. The summed E-state index contributed by atoms with van der Waals surface area (Å²) in [6, 6.07) is 11.7. The van der Waals surface area contributed by atoms with E-state index in [1.807, 2.05) is 57.2 Å². The highest BCUT2D eigenvalue weighted by molar-refractivity contribution is 5.66. The lowest BCUT2D eigenvalue weighted by atomic mass is 9.99. The van der Waals surface area contributed by atoms with Gasteiger partial charge in [-0.15, -0.1) is 0 Å². The molecule has 2 rings (SSSR count). The van der Waals surface area contributed by atoms with Crippen molar-refractivity contribution in [2.75, 3.05) is 0 Å². The maximum absolute atomic E-state index is 14.0. The molecule has 0 spiro atoms. The third-order valence-electron chi connectivity index (χ3n) is 3.02. The van der Waals surface area contributed by atoms with Crippen molar-refractivity contribution < 1.29 is 4.39 Å². The molecule has 0 nitrogen and oxygen atoms in total. The second kappa shape index (κ2) is 4.09. The molecule has 1 heteroatoms. The van der Waals surface area contributed by atoms with Gasteiger partial charge in [-0.05, 0) is 37.5 Å². The molecular formula is C15H15F. The molecule has 0 aliphatic heterocycles. The Balaban J connectivity index is 2.57. The Morgan fingerprint density at radius 2 is 1.44 bits per heavy atom. The number of halogens is 1. The fraction of sp³-hybridized carbons (Fsp3) is 0.200. The Morgan fingerprint density at radius 3 is 2.06 bits per heavy atom. The Morgan fingerprint density at radius 1 is 0.812 bits per heavy atom. The fourth-order valence-corrected chi connectivity index (χ4v) is 1.74. The third-order valence-corrected chi connectivity index (χ3v) is 3.02. The molecule has 16 heavy (non-hydrogen) atoms. The van der Waals surface area contributed by atoms with Gasteiger partial charge in [0.2, 0.25) is 0 Å². The Kier molecular flexibility index (Phi) is 2.78. The van der Waals surface area contributed by atoms with E-state index in [2.05, 4.69) is 0 Å². The molecule has 0 N–H and O–H groups in total. The standard InChI is InChI=1S/C15H15F/c1-10-4-7-13(8-5-10)14-9-6-11(2)12(3)15(14)16/h4-9H,1-3H3. The number of hydrogen-bond donors (Lipinski definition) is 0. The summed E-state index contributed by atoms with van der Waals surface area (Å²) in [7, 11) is 0. The van der Waals surface area contributed by atoms with E-state index in [9.17, 15) is 4.39 Å². The van der Waals surface area contributed by atoms with Crippen LogP contribution in [0.2, 0.25) is 0 Å². The van der Waals surface area contributed by atoms with E-state index in [4.69, 9.17) is 0 Å². The van der Waals surface area contributed by atoms with Gasteiger partial charge in [0.15, 0.2) is 0 Å².